The first-order valence-corrected chi connectivity index (χ1v) is 4.36. The minimum atomic E-state index is 0.0683. The van der Waals surface area contributed by atoms with E-state index in [1.807, 2.05) is 0 Å². The van der Waals surface area contributed by atoms with E-state index in [1.54, 1.807) is 7.11 Å². The highest BCUT2D eigenvalue weighted by Gasteiger charge is 2.09. The first-order chi connectivity index (χ1) is 3.43. The SMILES string of the molecule is CON1CCC[SiH2]1. The van der Waals surface area contributed by atoms with Gasteiger partial charge in [-0.25, -0.2) is 4.73 Å². The van der Waals surface area contributed by atoms with Crippen molar-refractivity contribution in [3.8, 4) is 0 Å². The maximum atomic E-state index is 5.01. The normalized spacial score (nSPS) is 27.0. The maximum Gasteiger partial charge on any atom is 0.129 e. The van der Waals surface area contributed by atoms with Gasteiger partial charge in [-0.2, -0.15) is 0 Å². The molecule has 0 unspecified atom stereocenters. The third-order valence-electron chi connectivity index (χ3n) is 1.32. The molecule has 0 spiro atoms. The molecule has 0 amide bonds. The first kappa shape index (κ1) is 5.28. The lowest BCUT2D eigenvalue weighted by atomic mass is 10.5. The summed E-state index contributed by atoms with van der Waals surface area (Å²) in [6.45, 7) is 1.18. The fraction of sp³-hybridized carbons (Fsp3) is 1.00. The van der Waals surface area contributed by atoms with Crippen molar-refractivity contribution >= 4 is 9.68 Å². The predicted molar refractivity (Wildman–Crippen MR) is 31.7 cm³/mol. The third-order valence-corrected chi connectivity index (χ3v) is 3.21. The second-order valence-corrected chi connectivity index (χ2v) is 3.68. The topological polar surface area (TPSA) is 12.5 Å². The van der Waals surface area contributed by atoms with Crippen LogP contribution in [0.3, 0.4) is 0 Å². The van der Waals surface area contributed by atoms with Crippen LogP contribution < -0.4 is 0 Å². The Morgan fingerprint density at radius 1 is 1.71 bits per heavy atom. The van der Waals surface area contributed by atoms with Gasteiger partial charge in [-0.15, -0.1) is 0 Å². The lowest BCUT2D eigenvalue weighted by Gasteiger charge is -2.08. The smallest absolute Gasteiger partial charge is 0.129 e. The molecule has 1 aliphatic rings. The highest BCUT2D eigenvalue weighted by atomic mass is 28.2. The van der Waals surface area contributed by atoms with Gasteiger partial charge >= 0.3 is 0 Å². The van der Waals surface area contributed by atoms with Crippen molar-refractivity contribution in [3.05, 3.63) is 0 Å². The molecule has 1 heterocycles. The van der Waals surface area contributed by atoms with E-state index in [-0.39, 0.29) is 9.68 Å². The van der Waals surface area contributed by atoms with Gasteiger partial charge in [-0.05, 0) is 12.5 Å². The molecule has 1 saturated heterocycles. The maximum absolute atomic E-state index is 5.01. The van der Waals surface area contributed by atoms with Gasteiger partial charge in [0.25, 0.3) is 0 Å². The van der Waals surface area contributed by atoms with Gasteiger partial charge in [0.1, 0.15) is 9.68 Å². The summed E-state index contributed by atoms with van der Waals surface area (Å²) in [5.74, 6) is 0. The van der Waals surface area contributed by atoms with E-state index in [1.165, 1.54) is 19.0 Å². The molecule has 0 aromatic rings. The van der Waals surface area contributed by atoms with E-state index >= 15 is 0 Å². The largest absolute Gasteiger partial charge is 0.310 e. The van der Waals surface area contributed by atoms with Gasteiger partial charge in [0.2, 0.25) is 0 Å². The summed E-state index contributed by atoms with van der Waals surface area (Å²) in [5, 5.41) is 0. The zero-order valence-corrected chi connectivity index (χ0v) is 6.10. The molecule has 0 aromatic heterocycles. The molecule has 0 aromatic carbocycles. The van der Waals surface area contributed by atoms with Gasteiger partial charge < -0.3 is 4.84 Å². The molecule has 0 bridgehead atoms. The van der Waals surface area contributed by atoms with Gasteiger partial charge in [0, 0.05) is 6.54 Å². The van der Waals surface area contributed by atoms with Crippen LogP contribution in [-0.2, 0) is 4.84 Å². The molecule has 0 atom stereocenters. The summed E-state index contributed by atoms with van der Waals surface area (Å²) < 4.78 is 2.12. The second kappa shape index (κ2) is 2.45. The van der Waals surface area contributed by atoms with Crippen molar-refractivity contribution in [2.24, 2.45) is 0 Å². The van der Waals surface area contributed by atoms with Gasteiger partial charge in [-0.3, -0.25) is 0 Å². The summed E-state index contributed by atoms with van der Waals surface area (Å²) in [6, 6.07) is 1.44. The highest BCUT2D eigenvalue weighted by molar-refractivity contribution is 6.32. The van der Waals surface area contributed by atoms with Crippen LogP contribution in [0, 0.1) is 0 Å². The van der Waals surface area contributed by atoms with Gasteiger partial charge in [-0.1, -0.05) is 0 Å². The van der Waals surface area contributed by atoms with Crippen LogP contribution in [0.4, 0.5) is 0 Å². The average molecular weight is 117 g/mol. The van der Waals surface area contributed by atoms with Crippen LogP contribution in [0.5, 0.6) is 0 Å². The molecule has 3 heteroatoms. The van der Waals surface area contributed by atoms with E-state index in [0.29, 0.717) is 0 Å². The molecular formula is C4H11NOSi. The minimum absolute atomic E-state index is 0.0683. The summed E-state index contributed by atoms with van der Waals surface area (Å²) in [4.78, 5) is 5.01. The molecule has 0 aliphatic carbocycles. The van der Waals surface area contributed by atoms with Crippen molar-refractivity contribution in [1.29, 1.82) is 0 Å². The fourth-order valence-electron chi connectivity index (χ4n) is 0.871. The Morgan fingerprint density at radius 3 is 2.86 bits per heavy atom. The Bertz CT molecular complexity index is 53.7. The molecule has 1 fully saturated rings. The number of hydroxylamine groups is 1. The van der Waals surface area contributed by atoms with E-state index < -0.39 is 0 Å². The summed E-state index contributed by atoms with van der Waals surface area (Å²) in [7, 11) is 1.83. The highest BCUT2D eigenvalue weighted by Crippen LogP contribution is 2.03. The van der Waals surface area contributed by atoms with Crippen molar-refractivity contribution in [2.75, 3.05) is 13.7 Å². The molecule has 0 N–H and O–H groups in total. The Morgan fingerprint density at radius 2 is 2.57 bits per heavy atom. The molecular weight excluding hydrogens is 106 g/mol. The number of rotatable bonds is 1. The molecule has 0 saturated carbocycles. The fourth-order valence-corrected chi connectivity index (χ4v) is 2.30. The quantitative estimate of drug-likeness (QED) is 0.439. The molecule has 0 radical (unpaired) electrons. The van der Waals surface area contributed by atoms with Crippen LogP contribution in [0.1, 0.15) is 6.42 Å². The van der Waals surface area contributed by atoms with E-state index in [4.69, 9.17) is 4.84 Å². The van der Waals surface area contributed by atoms with E-state index in [2.05, 4.69) is 4.73 Å². The van der Waals surface area contributed by atoms with E-state index in [0.717, 1.165) is 0 Å². The van der Waals surface area contributed by atoms with Crippen molar-refractivity contribution < 1.29 is 4.84 Å². The first-order valence-electron chi connectivity index (χ1n) is 2.72. The number of hydrogen-bond donors (Lipinski definition) is 0. The van der Waals surface area contributed by atoms with E-state index in [9.17, 15) is 0 Å². The Hall–Kier alpha value is 0.137. The average Bonchev–Trinajstić information content (AvgIpc) is 2.14. The molecule has 42 valence electrons. The van der Waals surface area contributed by atoms with Crippen molar-refractivity contribution in [3.63, 3.8) is 0 Å². The van der Waals surface area contributed by atoms with Gasteiger partial charge in [0.15, 0.2) is 0 Å². The minimum Gasteiger partial charge on any atom is -0.310 e. The zero-order valence-electron chi connectivity index (χ0n) is 4.68. The Kier molecular flexibility index (Phi) is 1.84. The van der Waals surface area contributed by atoms with Crippen LogP contribution in [-0.4, -0.2) is 28.1 Å². The lowest BCUT2D eigenvalue weighted by molar-refractivity contribution is -0.0439. The van der Waals surface area contributed by atoms with Crippen LogP contribution in [0.2, 0.25) is 6.04 Å². The van der Waals surface area contributed by atoms with Crippen molar-refractivity contribution in [2.45, 2.75) is 12.5 Å². The number of nitrogens with zero attached hydrogens (tertiary/aromatic N) is 1. The molecule has 2 nitrogen and oxygen atoms in total. The third kappa shape index (κ3) is 1.26. The van der Waals surface area contributed by atoms with Crippen LogP contribution >= 0.6 is 0 Å². The zero-order chi connectivity index (χ0) is 5.11. The second-order valence-electron chi connectivity index (χ2n) is 1.82. The standard InChI is InChI=1S/C4H11NOSi/c1-6-5-3-2-4-7-5/h2-4,7H2,1H3. The molecule has 1 aliphatic heterocycles. The summed E-state index contributed by atoms with van der Waals surface area (Å²) in [6.07, 6.45) is 1.36. The lowest BCUT2D eigenvalue weighted by Crippen LogP contribution is -2.19. The Balaban J connectivity index is 2.14. The summed E-state index contributed by atoms with van der Waals surface area (Å²) in [5.41, 5.74) is 0. The van der Waals surface area contributed by atoms with Crippen molar-refractivity contribution in [1.82, 2.24) is 4.73 Å². The molecule has 1 rings (SSSR count). The monoisotopic (exact) mass is 117 g/mol. The number of hydrogen-bond acceptors (Lipinski definition) is 2. The summed E-state index contributed by atoms with van der Waals surface area (Å²) >= 11 is 0. The predicted octanol–water partition coefficient (Wildman–Crippen LogP) is -0.244. The Labute approximate surface area is 46.3 Å². The van der Waals surface area contributed by atoms with Crippen LogP contribution in [0.15, 0.2) is 0 Å². The molecule has 7 heavy (non-hydrogen) atoms. The van der Waals surface area contributed by atoms with Gasteiger partial charge in [0.05, 0.1) is 7.11 Å². The van der Waals surface area contributed by atoms with Crippen LogP contribution in [0.25, 0.3) is 0 Å².